The smallest absolute Gasteiger partial charge is 0.253 e. The predicted molar refractivity (Wildman–Crippen MR) is 115 cm³/mol. The minimum Gasteiger partial charge on any atom is -0.489 e. The van der Waals surface area contributed by atoms with E-state index in [-0.39, 0.29) is 28.9 Å². The summed E-state index contributed by atoms with van der Waals surface area (Å²) >= 11 is 6.15. The van der Waals surface area contributed by atoms with Gasteiger partial charge in [-0.1, -0.05) is 39.3 Å². The Labute approximate surface area is 180 Å². The molecule has 0 bridgehead atoms. The van der Waals surface area contributed by atoms with Crippen LogP contribution in [-0.2, 0) is 0 Å². The van der Waals surface area contributed by atoms with Crippen molar-refractivity contribution in [3.05, 3.63) is 58.9 Å². The first-order valence-electron chi connectivity index (χ1n) is 9.75. The van der Waals surface area contributed by atoms with E-state index in [1.807, 2.05) is 18.2 Å². The summed E-state index contributed by atoms with van der Waals surface area (Å²) in [5.74, 6) is 0.470. The number of aromatic nitrogens is 2. The fraction of sp³-hybridized carbons (Fsp3) is 0.348. The molecule has 1 amide bonds. The molecule has 0 spiro atoms. The van der Waals surface area contributed by atoms with Crippen LogP contribution in [0, 0.1) is 22.2 Å². The maximum atomic E-state index is 13.0. The Morgan fingerprint density at radius 3 is 2.67 bits per heavy atom. The fourth-order valence-electron chi connectivity index (χ4n) is 4.95. The molecule has 0 unspecified atom stereocenters. The molecule has 1 saturated carbocycles. The lowest BCUT2D eigenvalue weighted by molar-refractivity contribution is -0.164. The number of hydrogen-bond donors (Lipinski definition) is 2. The normalized spacial score (nSPS) is 21.5. The molecule has 1 aliphatic carbocycles. The number of hydrogen-bond acceptors (Lipinski definition) is 4. The second kappa shape index (κ2) is 7.03. The summed E-state index contributed by atoms with van der Waals surface area (Å²) < 4.78 is 6.27. The largest absolute Gasteiger partial charge is 0.489 e. The number of nitriles is 1. The molecule has 1 aliphatic rings. The maximum absolute atomic E-state index is 13.0. The first kappa shape index (κ1) is 20.2. The lowest BCUT2D eigenvalue weighted by Crippen LogP contribution is -2.74. The third-order valence-electron chi connectivity index (χ3n) is 6.13. The van der Waals surface area contributed by atoms with Crippen LogP contribution in [-0.4, -0.2) is 28.0 Å². The Balaban J connectivity index is 1.54. The Morgan fingerprint density at radius 1 is 1.27 bits per heavy atom. The van der Waals surface area contributed by atoms with E-state index in [0.29, 0.717) is 27.5 Å². The van der Waals surface area contributed by atoms with E-state index in [1.54, 1.807) is 30.6 Å². The average molecular weight is 423 g/mol. The molecule has 2 aromatic heterocycles. The van der Waals surface area contributed by atoms with Gasteiger partial charge in [0.25, 0.3) is 5.91 Å². The van der Waals surface area contributed by atoms with Crippen molar-refractivity contribution in [2.75, 3.05) is 0 Å². The van der Waals surface area contributed by atoms with Crippen LogP contribution in [0.1, 0.15) is 43.6 Å². The zero-order chi connectivity index (χ0) is 21.7. The Hall–Kier alpha value is -3.04. The molecule has 0 radical (unpaired) electrons. The molecule has 2 heterocycles. The summed E-state index contributed by atoms with van der Waals surface area (Å²) in [5, 5.41) is 13.4. The van der Waals surface area contributed by atoms with Crippen molar-refractivity contribution in [3.63, 3.8) is 0 Å². The molecule has 0 saturated heterocycles. The van der Waals surface area contributed by atoms with Crippen LogP contribution in [0.15, 0.2) is 42.7 Å². The Kier molecular flexibility index (Phi) is 4.74. The second-order valence-electron chi connectivity index (χ2n) is 8.90. The number of carbonyl (C=O) groups excluding carboxylic acids is 1. The van der Waals surface area contributed by atoms with Gasteiger partial charge in [-0.3, -0.25) is 4.79 Å². The van der Waals surface area contributed by atoms with Crippen molar-refractivity contribution in [3.8, 4) is 11.8 Å². The highest BCUT2D eigenvalue weighted by molar-refractivity contribution is 6.31. The van der Waals surface area contributed by atoms with Gasteiger partial charge in [0.05, 0.1) is 16.1 Å². The van der Waals surface area contributed by atoms with Gasteiger partial charge in [0, 0.05) is 40.7 Å². The molecule has 30 heavy (non-hydrogen) atoms. The summed E-state index contributed by atoms with van der Waals surface area (Å²) in [5.41, 5.74) is 1.05. The van der Waals surface area contributed by atoms with E-state index in [4.69, 9.17) is 21.6 Å². The van der Waals surface area contributed by atoms with Crippen LogP contribution in [0.25, 0.3) is 11.0 Å². The number of fused-ring (bicyclic) bond motifs is 1. The summed E-state index contributed by atoms with van der Waals surface area (Å²) in [4.78, 5) is 20.3. The minimum absolute atomic E-state index is 0.0991. The number of nitrogens with zero attached hydrogens (tertiary/aromatic N) is 2. The molecule has 1 aromatic carbocycles. The zero-order valence-electron chi connectivity index (χ0n) is 17.3. The van der Waals surface area contributed by atoms with Gasteiger partial charge < -0.3 is 15.0 Å². The lowest BCUT2D eigenvalue weighted by atomic mass is 9.49. The van der Waals surface area contributed by atoms with Crippen molar-refractivity contribution in [2.45, 2.75) is 39.8 Å². The highest BCUT2D eigenvalue weighted by atomic mass is 35.5. The highest BCUT2D eigenvalue weighted by Gasteiger charge is 2.64. The van der Waals surface area contributed by atoms with E-state index in [2.05, 4.69) is 43.0 Å². The summed E-state index contributed by atoms with van der Waals surface area (Å²) in [6, 6.07) is 10.7. The molecule has 3 aromatic rings. The van der Waals surface area contributed by atoms with Gasteiger partial charge in [0.1, 0.15) is 23.6 Å². The van der Waals surface area contributed by atoms with Crippen LogP contribution in [0.3, 0.4) is 0 Å². The Morgan fingerprint density at radius 2 is 2.00 bits per heavy atom. The monoisotopic (exact) mass is 422 g/mol. The van der Waals surface area contributed by atoms with E-state index in [1.165, 1.54) is 0 Å². The van der Waals surface area contributed by atoms with Crippen molar-refractivity contribution in [1.29, 1.82) is 5.26 Å². The molecule has 0 aliphatic heterocycles. The molecular weight excluding hydrogens is 400 g/mol. The van der Waals surface area contributed by atoms with Crippen molar-refractivity contribution >= 4 is 28.5 Å². The molecule has 4 rings (SSSR count). The molecule has 2 N–H and O–H groups in total. The molecule has 6 nitrogen and oxygen atoms in total. The minimum atomic E-state index is -0.316. The van der Waals surface area contributed by atoms with Gasteiger partial charge in [-0.25, -0.2) is 4.98 Å². The van der Waals surface area contributed by atoms with Gasteiger partial charge in [-0.2, -0.15) is 5.26 Å². The maximum Gasteiger partial charge on any atom is 0.253 e. The second-order valence-corrected chi connectivity index (χ2v) is 9.31. The van der Waals surface area contributed by atoms with Gasteiger partial charge in [0.2, 0.25) is 0 Å². The number of halogens is 1. The van der Waals surface area contributed by atoms with E-state index < -0.39 is 0 Å². The fourth-order valence-corrected chi connectivity index (χ4v) is 5.16. The molecule has 154 valence electrons. The van der Waals surface area contributed by atoms with Crippen LogP contribution in [0.5, 0.6) is 5.75 Å². The van der Waals surface area contributed by atoms with Gasteiger partial charge >= 0.3 is 0 Å². The quantitative estimate of drug-likeness (QED) is 0.637. The number of pyridine rings is 1. The van der Waals surface area contributed by atoms with E-state index >= 15 is 0 Å². The molecular formula is C23H23ClN4O2. The van der Waals surface area contributed by atoms with Crippen molar-refractivity contribution in [1.82, 2.24) is 15.3 Å². The number of H-pyrrole nitrogens is 1. The van der Waals surface area contributed by atoms with Crippen molar-refractivity contribution in [2.24, 2.45) is 10.8 Å². The summed E-state index contributed by atoms with van der Waals surface area (Å²) in [7, 11) is 0. The van der Waals surface area contributed by atoms with Crippen LogP contribution in [0.4, 0.5) is 0 Å². The van der Waals surface area contributed by atoms with E-state index in [0.717, 1.165) is 5.39 Å². The first-order chi connectivity index (χ1) is 14.2. The van der Waals surface area contributed by atoms with Gasteiger partial charge in [0.15, 0.2) is 0 Å². The number of rotatable bonds is 4. The summed E-state index contributed by atoms with van der Waals surface area (Å²) in [6.45, 7) is 8.32. The third-order valence-corrected chi connectivity index (χ3v) is 6.44. The van der Waals surface area contributed by atoms with Gasteiger partial charge in [-0.15, -0.1) is 0 Å². The third kappa shape index (κ3) is 3.10. The number of amides is 1. The number of carbonyl (C=O) groups is 1. The molecule has 1 fully saturated rings. The SMILES string of the molecule is CC1(C)C(NC(=O)c2c[nH]c3ncccc23)C(C)(C)C1Oc1ccc(C#N)c(Cl)c1. The van der Waals surface area contributed by atoms with Crippen LogP contribution >= 0.6 is 11.6 Å². The van der Waals surface area contributed by atoms with Gasteiger partial charge in [-0.05, 0) is 24.3 Å². The van der Waals surface area contributed by atoms with Crippen LogP contribution in [0.2, 0.25) is 5.02 Å². The lowest BCUT2D eigenvalue weighted by Gasteiger charge is -2.63. The zero-order valence-corrected chi connectivity index (χ0v) is 18.0. The number of nitrogens with one attached hydrogen (secondary N) is 2. The first-order valence-corrected chi connectivity index (χ1v) is 10.1. The topological polar surface area (TPSA) is 90.8 Å². The number of benzene rings is 1. The average Bonchev–Trinajstić information content (AvgIpc) is 3.14. The van der Waals surface area contributed by atoms with Crippen LogP contribution < -0.4 is 10.1 Å². The van der Waals surface area contributed by atoms with E-state index in [9.17, 15) is 4.79 Å². The Bertz CT molecular complexity index is 1160. The molecule has 0 atom stereocenters. The highest BCUT2D eigenvalue weighted by Crippen LogP contribution is 2.55. The van der Waals surface area contributed by atoms with Crippen molar-refractivity contribution < 1.29 is 9.53 Å². The summed E-state index contributed by atoms with van der Waals surface area (Å²) in [6.07, 6.45) is 3.23. The predicted octanol–water partition coefficient (Wildman–Crippen LogP) is 4.70. The number of ether oxygens (including phenoxy) is 1. The standard InChI is InChI=1S/C23H23ClN4O2/c1-22(2)20(28-19(29)16-12-27-18-15(16)6-5-9-26-18)23(3,4)21(22)30-14-8-7-13(11-25)17(24)10-14/h5-10,12,20-21H,1-4H3,(H,26,27)(H,28,29). The number of aromatic amines is 1. The molecule has 7 heteroatoms.